The number of hydrogen-bond donors (Lipinski definition) is 2. The van der Waals surface area contributed by atoms with Crippen molar-refractivity contribution in [3.63, 3.8) is 0 Å². The van der Waals surface area contributed by atoms with Gasteiger partial charge in [-0.25, -0.2) is 4.98 Å². The van der Waals surface area contributed by atoms with E-state index in [1.54, 1.807) is 6.07 Å². The summed E-state index contributed by atoms with van der Waals surface area (Å²) in [5.74, 6) is 1.07. The van der Waals surface area contributed by atoms with Gasteiger partial charge in [-0.15, -0.1) is 0 Å². The number of rotatable bonds is 8. The highest BCUT2D eigenvalue weighted by molar-refractivity contribution is 7.99. The van der Waals surface area contributed by atoms with Crippen molar-refractivity contribution in [2.24, 2.45) is 0 Å². The quantitative estimate of drug-likeness (QED) is 0.630. The number of H-pyrrole nitrogens is 1. The fourth-order valence-electron chi connectivity index (χ4n) is 2.29. The molecule has 0 aliphatic heterocycles. The number of benzene rings is 1. The molecule has 24 heavy (non-hydrogen) atoms. The van der Waals surface area contributed by atoms with Gasteiger partial charge in [0, 0.05) is 14.9 Å². The lowest BCUT2D eigenvalue weighted by Gasteiger charge is -2.12. The first-order valence-corrected chi connectivity index (χ1v) is 9.48. The number of aromatic amines is 1. The van der Waals surface area contributed by atoms with Crippen molar-refractivity contribution in [3.8, 4) is 0 Å². The van der Waals surface area contributed by atoms with Gasteiger partial charge in [0.2, 0.25) is 0 Å². The summed E-state index contributed by atoms with van der Waals surface area (Å²) < 4.78 is 5.67. The zero-order valence-electron chi connectivity index (χ0n) is 14.0. The Kier molecular flexibility index (Phi) is 7.44. The molecular formula is C17H22Cl2N2O2S. The molecule has 0 saturated carbocycles. The molecular weight excluding hydrogens is 367 g/mol. The average molecular weight is 389 g/mol. The number of halogens is 2. The second kappa shape index (κ2) is 9.11. The number of imidazole rings is 1. The SMILES string of the molecule is CCC(OCCO)c1nc(Sc2cc(Cl)cc(Cl)c2)c(C(C)C)[nH]1. The molecule has 0 saturated heterocycles. The van der Waals surface area contributed by atoms with E-state index >= 15 is 0 Å². The van der Waals surface area contributed by atoms with Crippen LogP contribution < -0.4 is 0 Å². The molecule has 1 atom stereocenters. The van der Waals surface area contributed by atoms with Gasteiger partial charge < -0.3 is 14.8 Å². The van der Waals surface area contributed by atoms with Crippen LogP contribution in [0.25, 0.3) is 0 Å². The molecule has 4 nitrogen and oxygen atoms in total. The van der Waals surface area contributed by atoms with Crippen molar-refractivity contribution in [2.45, 2.75) is 49.1 Å². The Morgan fingerprint density at radius 1 is 1.25 bits per heavy atom. The summed E-state index contributed by atoms with van der Waals surface area (Å²) in [5.41, 5.74) is 1.05. The molecule has 1 aromatic heterocycles. The second-order valence-corrected chi connectivity index (χ2v) is 7.63. The molecule has 0 amide bonds. The topological polar surface area (TPSA) is 58.1 Å². The fraction of sp³-hybridized carbons (Fsp3) is 0.471. The summed E-state index contributed by atoms with van der Waals surface area (Å²) in [6, 6.07) is 5.45. The van der Waals surface area contributed by atoms with Crippen molar-refractivity contribution in [1.82, 2.24) is 9.97 Å². The van der Waals surface area contributed by atoms with Crippen LogP contribution in [0, 0.1) is 0 Å². The van der Waals surface area contributed by atoms with Crippen molar-refractivity contribution in [1.29, 1.82) is 0 Å². The summed E-state index contributed by atoms with van der Waals surface area (Å²) >= 11 is 13.7. The zero-order chi connectivity index (χ0) is 17.7. The van der Waals surface area contributed by atoms with E-state index in [1.165, 1.54) is 11.8 Å². The lowest BCUT2D eigenvalue weighted by atomic mass is 10.1. The average Bonchev–Trinajstić information content (AvgIpc) is 2.91. The minimum atomic E-state index is -0.160. The lowest BCUT2D eigenvalue weighted by molar-refractivity contribution is 0.0211. The first-order chi connectivity index (χ1) is 11.4. The standard InChI is InChI=1S/C17H22Cl2N2O2S/c1-4-14(23-6-5-22)16-20-15(10(2)3)17(21-16)24-13-8-11(18)7-12(19)9-13/h7-10,14,22H,4-6H2,1-3H3,(H,20,21). The van der Waals surface area contributed by atoms with Gasteiger partial charge in [-0.2, -0.15) is 0 Å². The molecule has 1 aromatic carbocycles. The summed E-state index contributed by atoms with van der Waals surface area (Å²) in [5, 5.41) is 11.1. The number of ether oxygens (including phenoxy) is 1. The van der Waals surface area contributed by atoms with Gasteiger partial charge in [0.15, 0.2) is 0 Å². The third kappa shape index (κ3) is 5.14. The molecule has 2 rings (SSSR count). The molecule has 0 aliphatic rings. The summed E-state index contributed by atoms with van der Waals surface area (Å²) in [6.45, 7) is 6.55. The second-order valence-electron chi connectivity index (χ2n) is 5.69. The normalized spacial score (nSPS) is 12.8. The predicted molar refractivity (Wildman–Crippen MR) is 99.3 cm³/mol. The molecule has 2 N–H and O–H groups in total. The number of aliphatic hydroxyl groups is 1. The lowest BCUT2D eigenvalue weighted by Crippen LogP contribution is -2.08. The molecule has 0 spiro atoms. The molecule has 7 heteroatoms. The Labute approximate surface area is 156 Å². The smallest absolute Gasteiger partial charge is 0.136 e. The van der Waals surface area contributed by atoms with Crippen molar-refractivity contribution in [3.05, 3.63) is 39.8 Å². The van der Waals surface area contributed by atoms with E-state index in [4.69, 9.17) is 38.0 Å². The molecule has 132 valence electrons. The number of nitrogens with one attached hydrogen (secondary N) is 1. The Hall–Kier alpha value is -0.720. The Morgan fingerprint density at radius 2 is 1.92 bits per heavy atom. The Balaban J connectivity index is 2.30. The number of aromatic nitrogens is 2. The molecule has 0 fully saturated rings. The van der Waals surface area contributed by atoms with Gasteiger partial charge in [0.05, 0.1) is 18.9 Å². The van der Waals surface area contributed by atoms with Crippen LogP contribution >= 0.6 is 35.0 Å². The van der Waals surface area contributed by atoms with Crippen LogP contribution in [0.5, 0.6) is 0 Å². The highest BCUT2D eigenvalue weighted by atomic mass is 35.5. The molecule has 0 aliphatic carbocycles. The van der Waals surface area contributed by atoms with Crippen molar-refractivity contribution in [2.75, 3.05) is 13.2 Å². The number of hydrogen-bond acceptors (Lipinski definition) is 4. The van der Waals surface area contributed by atoms with Gasteiger partial charge in [0.25, 0.3) is 0 Å². The van der Waals surface area contributed by atoms with Gasteiger partial charge >= 0.3 is 0 Å². The van der Waals surface area contributed by atoms with Gasteiger partial charge in [-0.05, 0) is 30.5 Å². The summed E-state index contributed by atoms with van der Waals surface area (Å²) in [7, 11) is 0. The van der Waals surface area contributed by atoms with Gasteiger partial charge in [-0.1, -0.05) is 55.7 Å². The Bertz CT molecular complexity index is 656. The van der Waals surface area contributed by atoms with E-state index in [0.717, 1.165) is 27.9 Å². The highest BCUT2D eigenvalue weighted by Gasteiger charge is 2.20. The third-order valence-corrected chi connectivity index (χ3v) is 4.84. The maximum Gasteiger partial charge on any atom is 0.136 e. The molecule has 2 aromatic rings. The van der Waals surface area contributed by atoms with E-state index < -0.39 is 0 Å². The minimum Gasteiger partial charge on any atom is -0.394 e. The van der Waals surface area contributed by atoms with Crippen molar-refractivity contribution < 1.29 is 9.84 Å². The minimum absolute atomic E-state index is 0.00311. The van der Waals surface area contributed by atoms with Crippen LogP contribution in [-0.2, 0) is 4.74 Å². The van der Waals surface area contributed by atoms with E-state index in [1.807, 2.05) is 19.1 Å². The third-order valence-electron chi connectivity index (χ3n) is 3.43. The fourth-order valence-corrected chi connectivity index (χ4v) is 4.09. The maximum atomic E-state index is 8.97. The van der Waals surface area contributed by atoms with E-state index in [2.05, 4.69) is 18.8 Å². The molecule has 1 unspecified atom stereocenters. The largest absolute Gasteiger partial charge is 0.394 e. The maximum absolute atomic E-state index is 8.97. The van der Waals surface area contributed by atoms with E-state index in [0.29, 0.717) is 22.6 Å². The number of aliphatic hydroxyl groups excluding tert-OH is 1. The first kappa shape index (κ1) is 19.6. The molecule has 0 radical (unpaired) electrons. The van der Waals surface area contributed by atoms with Crippen molar-refractivity contribution >= 4 is 35.0 Å². The van der Waals surface area contributed by atoms with Crippen LogP contribution in [0.3, 0.4) is 0 Å². The predicted octanol–water partition coefficient (Wildman–Crippen LogP) is 5.45. The highest BCUT2D eigenvalue weighted by Crippen LogP contribution is 2.36. The van der Waals surface area contributed by atoms with Crippen LogP contribution in [0.4, 0.5) is 0 Å². The van der Waals surface area contributed by atoms with Crippen LogP contribution in [0.2, 0.25) is 10.0 Å². The summed E-state index contributed by atoms with van der Waals surface area (Å²) in [4.78, 5) is 9.05. The monoisotopic (exact) mass is 388 g/mol. The first-order valence-electron chi connectivity index (χ1n) is 7.90. The molecule has 1 heterocycles. The Morgan fingerprint density at radius 3 is 2.46 bits per heavy atom. The van der Waals surface area contributed by atoms with E-state index in [-0.39, 0.29) is 12.7 Å². The van der Waals surface area contributed by atoms with Crippen LogP contribution in [-0.4, -0.2) is 28.3 Å². The van der Waals surface area contributed by atoms with Gasteiger partial charge in [-0.3, -0.25) is 0 Å². The summed E-state index contributed by atoms with van der Waals surface area (Å²) in [6.07, 6.45) is 0.616. The molecule has 0 bridgehead atoms. The van der Waals surface area contributed by atoms with Crippen LogP contribution in [0.15, 0.2) is 28.1 Å². The number of nitrogens with zero attached hydrogens (tertiary/aromatic N) is 1. The van der Waals surface area contributed by atoms with Crippen LogP contribution in [0.1, 0.15) is 50.7 Å². The van der Waals surface area contributed by atoms with Gasteiger partial charge in [0.1, 0.15) is 17.0 Å². The zero-order valence-corrected chi connectivity index (χ0v) is 16.3. The van der Waals surface area contributed by atoms with E-state index in [9.17, 15) is 0 Å².